The van der Waals surface area contributed by atoms with Gasteiger partial charge in [-0.1, -0.05) is 19.9 Å². The summed E-state index contributed by atoms with van der Waals surface area (Å²) >= 11 is 0. The first-order chi connectivity index (χ1) is 14.6. The van der Waals surface area contributed by atoms with Gasteiger partial charge in [-0.15, -0.1) is 0 Å². The number of rotatable bonds is 8. The predicted octanol–water partition coefficient (Wildman–Crippen LogP) is 2.66. The molecule has 2 aromatic rings. The van der Waals surface area contributed by atoms with Crippen LogP contribution in [0.15, 0.2) is 58.3 Å². The van der Waals surface area contributed by atoms with Crippen LogP contribution in [0.1, 0.15) is 37.0 Å². The number of hydrogen-bond donors (Lipinski definition) is 2. The molecule has 0 bridgehead atoms. The molecule has 0 saturated carbocycles. The number of nitrogens with zero attached hydrogens (tertiary/aromatic N) is 1. The normalized spacial score (nSPS) is 15.3. The second-order valence-corrected chi connectivity index (χ2v) is 11.6. The highest BCUT2D eigenvalue weighted by atomic mass is 32.2. The van der Waals surface area contributed by atoms with Gasteiger partial charge in [-0.25, -0.2) is 21.6 Å². The molecule has 2 N–H and O–H groups in total. The van der Waals surface area contributed by atoms with Gasteiger partial charge >= 0.3 is 0 Å². The Bertz CT molecular complexity index is 1140. The first-order valence-corrected chi connectivity index (χ1v) is 13.0. The molecule has 1 fully saturated rings. The van der Waals surface area contributed by atoms with Gasteiger partial charge in [0.05, 0.1) is 9.79 Å². The first-order valence-electron chi connectivity index (χ1n) is 10.1. The van der Waals surface area contributed by atoms with E-state index in [1.54, 1.807) is 0 Å². The molecule has 0 radical (unpaired) electrons. The van der Waals surface area contributed by atoms with E-state index >= 15 is 0 Å². The minimum Gasteiger partial charge on any atom is -0.322 e. The van der Waals surface area contributed by atoms with E-state index in [-0.39, 0.29) is 21.3 Å². The van der Waals surface area contributed by atoms with Crippen molar-refractivity contribution in [3.63, 3.8) is 0 Å². The van der Waals surface area contributed by atoms with Crippen molar-refractivity contribution in [2.45, 2.75) is 36.5 Å². The van der Waals surface area contributed by atoms with Gasteiger partial charge in [-0.05, 0) is 61.2 Å². The van der Waals surface area contributed by atoms with Crippen molar-refractivity contribution < 1.29 is 21.6 Å². The van der Waals surface area contributed by atoms with Crippen LogP contribution in [0.5, 0.6) is 0 Å². The molecule has 0 aromatic heterocycles. The topological polar surface area (TPSA) is 113 Å². The summed E-state index contributed by atoms with van der Waals surface area (Å²) < 4.78 is 54.0. The van der Waals surface area contributed by atoms with Crippen molar-refractivity contribution >= 4 is 31.6 Å². The molecule has 8 nitrogen and oxygen atoms in total. The molecule has 0 aliphatic carbocycles. The quantitative estimate of drug-likeness (QED) is 0.622. The van der Waals surface area contributed by atoms with Crippen LogP contribution in [-0.2, 0) is 20.0 Å². The smallest absolute Gasteiger partial charge is 0.255 e. The second-order valence-electron chi connectivity index (χ2n) is 7.86. The number of anilines is 1. The molecule has 31 heavy (non-hydrogen) atoms. The average Bonchev–Trinajstić information content (AvgIpc) is 3.29. The van der Waals surface area contributed by atoms with E-state index in [1.165, 1.54) is 52.8 Å². The summed E-state index contributed by atoms with van der Waals surface area (Å²) in [7, 11) is -7.24. The number of nitrogens with one attached hydrogen (secondary N) is 2. The Morgan fingerprint density at radius 1 is 0.968 bits per heavy atom. The molecule has 168 valence electrons. The van der Waals surface area contributed by atoms with Crippen LogP contribution < -0.4 is 10.0 Å². The number of sulfonamides is 2. The number of hydrogen-bond acceptors (Lipinski definition) is 5. The summed E-state index contributed by atoms with van der Waals surface area (Å²) in [5, 5.41) is 2.67. The highest BCUT2D eigenvalue weighted by molar-refractivity contribution is 7.89. The Kier molecular flexibility index (Phi) is 7.15. The van der Waals surface area contributed by atoms with Crippen LogP contribution in [0.3, 0.4) is 0 Å². The number of amides is 1. The lowest BCUT2D eigenvalue weighted by molar-refractivity contribution is 0.102. The maximum atomic E-state index is 12.7. The maximum absolute atomic E-state index is 12.7. The molecule has 0 atom stereocenters. The Morgan fingerprint density at radius 3 is 2.23 bits per heavy atom. The van der Waals surface area contributed by atoms with E-state index in [9.17, 15) is 21.6 Å². The molecule has 1 heterocycles. The van der Waals surface area contributed by atoms with E-state index in [0.717, 1.165) is 12.8 Å². The van der Waals surface area contributed by atoms with E-state index in [1.807, 2.05) is 13.8 Å². The summed E-state index contributed by atoms with van der Waals surface area (Å²) in [6.07, 6.45) is 1.66. The fourth-order valence-electron chi connectivity index (χ4n) is 3.16. The maximum Gasteiger partial charge on any atom is 0.255 e. The summed E-state index contributed by atoms with van der Waals surface area (Å²) in [5.41, 5.74) is 0.608. The van der Waals surface area contributed by atoms with Crippen molar-refractivity contribution in [2.24, 2.45) is 5.92 Å². The van der Waals surface area contributed by atoms with Gasteiger partial charge in [0.15, 0.2) is 0 Å². The Balaban J connectivity index is 1.72. The predicted molar refractivity (Wildman–Crippen MR) is 119 cm³/mol. The summed E-state index contributed by atoms with van der Waals surface area (Å²) in [4.78, 5) is 12.8. The van der Waals surface area contributed by atoms with E-state index in [4.69, 9.17) is 0 Å². The minimum absolute atomic E-state index is 0.0831. The van der Waals surface area contributed by atoms with Gasteiger partial charge in [0, 0.05) is 30.9 Å². The lowest BCUT2D eigenvalue weighted by Gasteiger charge is -2.16. The molecule has 1 saturated heterocycles. The van der Waals surface area contributed by atoms with Gasteiger partial charge in [-0.3, -0.25) is 4.79 Å². The zero-order valence-electron chi connectivity index (χ0n) is 17.5. The molecule has 0 spiro atoms. The van der Waals surface area contributed by atoms with Crippen molar-refractivity contribution in [3.05, 3.63) is 54.1 Å². The number of carbonyl (C=O) groups excluding carboxylic acids is 1. The van der Waals surface area contributed by atoms with E-state index in [2.05, 4.69) is 10.0 Å². The summed E-state index contributed by atoms with van der Waals surface area (Å²) in [6, 6.07) is 11.7. The third kappa shape index (κ3) is 5.70. The van der Waals surface area contributed by atoms with Crippen molar-refractivity contribution in [3.8, 4) is 0 Å². The van der Waals surface area contributed by atoms with Gasteiger partial charge in [0.2, 0.25) is 20.0 Å². The second kappa shape index (κ2) is 9.47. The standard InChI is InChI=1S/C21H27N3O5S2/c1-16(2)15-22-30(26,27)19-10-8-18(9-11-19)23-21(25)17-6-5-7-20(14-17)31(28,29)24-12-3-4-13-24/h5-11,14,16,22H,3-4,12-13,15H2,1-2H3,(H,23,25). The molecule has 3 rings (SSSR count). The van der Waals surface area contributed by atoms with Crippen molar-refractivity contribution in [2.75, 3.05) is 25.0 Å². The molecular formula is C21H27N3O5S2. The zero-order chi connectivity index (χ0) is 22.6. The molecule has 10 heteroatoms. The van der Waals surface area contributed by atoms with E-state index < -0.39 is 26.0 Å². The van der Waals surface area contributed by atoms with Gasteiger partial charge in [-0.2, -0.15) is 4.31 Å². The third-order valence-corrected chi connectivity index (χ3v) is 8.24. The molecule has 1 aliphatic heterocycles. The summed E-state index contributed by atoms with van der Waals surface area (Å²) in [5.74, 6) is -0.301. The highest BCUT2D eigenvalue weighted by Crippen LogP contribution is 2.22. The largest absolute Gasteiger partial charge is 0.322 e. The Morgan fingerprint density at radius 2 is 1.61 bits per heavy atom. The minimum atomic E-state index is -3.62. The Hall–Kier alpha value is -2.27. The van der Waals surface area contributed by atoms with Gasteiger partial charge in [0.25, 0.3) is 5.91 Å². The van der Waals surface area contributed by atoms with Gasteiger partial charge in [0.1, 0.15) is 0 Å². The average molecular weight is 466 g/mol. The lowest BCUT2D eigenvalue weighted by Crippen LogP contribution is -2.28. The lowest BCUT2D eigenvalue weighted by atomic mass is 10.2. The van der Waals surface area contributed by atoms with Gasteiger partial charge < -0.3 is 5.32 Å². The molecule has 2 aromatic carbocycles. The molecule has 1 amide bonds. The zero-order valence-corrected chi connectivity index (χ0v) is 19.2. The van der Waals surface area contributed by atoms with Crippen LogP contribution in [0.4, 0.5) is 5.69 Å². The fourth-order valence-corrected chi connectivity index (χ4v) is 5.93. The van der Waals surface area contributed by atoms with Crippen LogP contribution in [0.25, 0.3) is 0 Å². The molecule has 0 unspecified atom stereocenters. The first kappa shape index (κ1) is 23.4. The Labute approximate surface area is 183 Å². The van der Waals surface area contributed by atoms with Crippen molar-refractivity contribution in [1.82, 2.24) is 9.03 Å². The van der Waals surface area contributed by atoms with Crippen LogP contribution >= 0.6 is 0 Å². The van der Waals surface area contributed by atoms with Crippen LogP contribution in [0, 0.1) is 5.92 Å². The highest BCUT2D eigenvalue weighted by Gasteiger charge is 2.27. The van der Waals surface area contributed by atoms with Crippen LogP contribution in [-0.4, -0.2) is 46.7 Å². The fraction of sp³-hybridized carbons (Fsp3) is 0.381. The number of carbonyl (C=O) groups is 1. The number of benzene rings is 2. The third-order valence-electron chi connectivity index (χ3n) is 4.90. The molecular weight excluding hydrogens is 438 g/mol. The van der Waals surface area contributed by atoms with E-state index in [0.29, 0.717) is 25.3 Å². The SMILES string of the molecule is CC(C)CNS(=O)(=O)c1ccc(NC(=O)c2cccc(S(=O)(=O)N3CCCC3)c2)cc1. The molecule has 1 aliphatic rings. The van der Waals surface area contributed by atoms with Crippen LogP contribution in [0.2, 0.25) is 0 Å². The summed E-state index contributed by atoms with van der Waals surface area (Å²) in [6.45, 7) is 5.12. The monoisotopic (exact) mass is 465 g/mol. The van der Waals surface area contributed by atoms with Crippen molar-refractivity contribution in [1.29, 1.82) is 0 Å².